The highest BCUT2D eigenvalue weighted by Crippen LogP contribution is 1.81. The maximum Gasteiger partial charge on any atom is 0.246 e. The van der Waals surface area contributed by atoms with E-state index >= 15 is 0 Å². The minimum absolute atomic E-state index is 0.145. The molecule has 0 atom stereocenters. The standard InChI is InChI=1S/C7H9NO/c1-4-6-8(3)7(9)5-2/h1,5H,2,6H2,3H3. The van der Waals surface area contributed by atoms with Crippen LogP contribution in [0.3, 0.4) is 0 Å². The zero-order valence-corrected chi connectivity index (χ0v) is 5.42. The first-order chi connectivity index (χ1) is 4.22. The predicted molar refractivity (Wildman–Crippen MR) is 36.7 cm³/mol. The molecule has 0 bridgehead atoms. The van der Waals surface area contributed by atoms with Gasteiger partial charge in [0.25, 0.3) is 0 Å². The Bertz CT molecular complexity index is 155. The zero-order chi connectivity index (χ0) is 7.28. The van der Waals surface area contributed by atoms with Crippen molar-refractivity contribution in [3.63, 3.8) is 0 Å². The van der Waals surface area contributed by atoms with E-state index in [9.17, 15) is 4.79 Å². The molecule has 0 saturated carbocycles. The van der Waals surface area contributed by atoms with Crippen LogP contribution in [0.15, 0.2) is 12.7 Å². The summed E-state index contributed by atoms with van der Waals surface area (Å²) < 4.78 is 0. The Morgan fingerprint density at radius 1 is 2.00 bits per heavy atom. The summed E-state index contributed by atoms with van der Waals surface area (Å²) in [6, 6.07) is 0. The molecule has 0 unspecified atom stereocenters. The van der Waals surface area contributed by atoms with Crippen molar-refractivity contribution in [2.45, 2.75) is 0 Å². The lowest BCUT2D eigenvalue weighted by Crippen LogP contribution is -2.24. The predicted octanol–water partition coefficient (Wildman–Crippen LogP) is 0.264. The van der Waals surface area contributed by atoms with Crippen LogP contribution < -0.4 is 0 Å². The topological polar surface area (TPSA) is 20.3 Å². The highest BCUT2D eigenvalue weighted by atomic mass is 16.2. The van der Waals surface area contributed by atoms with Crippen molar-refractivity contribution in [1.82, 2.24) is 4.90 Å². The molecule has 0 aromatic rings. The Balaban J connectivity index is 3.75. The molecule has 0 radical (unpaired) electrons. The van der Waals surface area contributed by atoms with Crippen molar-refractivity contribution in [3.8, 4) is 12.3 Å². The van der Waals surface area contributed by atoms with E-state index in [1.165, 1.54) is 11.0 Å². The molecule has 0 heterocycles. The zero-order valence-electron chi connectivity index (χ0n) is 5.42. The minimum atomic E-state index is -0.145. The summed E-state index contributed by atoms with van der Waals surface area (Å²) in [7, 11) is 1.63. The number of nitrogens with zero attached hydrogens (tertiary/aromatic N) is 1. The second-order valence-corrected chi connectivity index (χ2v) is 1.60. The highest BCUT2D eigenvalue weighted by molar-refractivity contribution is 5.86. The van der Waals surface area contributed by atoms with E-state index in [-0.39, 0.29) is 5.91 Å². The van der Waals surface area contributed by atoms with Crippen LogP contribution in [0.2, 0.25) is 0 Å². The van der Waals surface area contributed by atoms with Crippen LogP contribution in [-0.4, -0.2) is 24.4 Å². The molecule has 0 aliphatic carbocycles. The van der Waals surface area contributed by atoms with E-state index in [1.54, 1.807) is 7.05 Å². The molecular weight excluding hydrogens is 114 g/mol. The van der Waals surface area contributed by atoms with Gasteiger partial charge in [-0.05, 0) is 6.08 Å². The molecule has 0 saturated heterocycles. The van der Waals surface area contributed by atoms with Crippen LogP contribution >= 0.6 is 0 Å². The SMILES string of the molecule is C#CCN(C)C(=O)C=C. The summed E-state index contributed by atoms with van der Waals surface area (Å²) >= 11 is 0. The first kappa shape index (κ1) is 7.77. The Morgan fingerprint density at radius 3 is 2.89 bits per heavy atom. The van der Waals surface area contributed by atoms with Crippen LogP contribution in [0.4, 0.5) is 0 Å². The largest absolute Gasteiger partial charge is 0.331 e. The van der Waals surface area contributed by atoms with Gasteiger partial charge < -0.3 is 4.90 Å². The van der Waals surface area contributed by atoms with Gasteiger partial charge in [0.2, 0.25) is 5.91 Å². The van der Waals surface area contributed by atoms with E-state index in [4.69, 9.17) is 6.42 Å². The van der Waals surface area contributed by atoms with Gasteiger partial charge >= 0.3 is 0 Å². The molecule has 0 aromatic carbocycles. The highest BCUT2D eigenvalue weighted by Gasteiger charge is 1.98. The van der Waals surface area contributed by atoms with Crippen molar-refractivity contribution < 1.29 is 4.79 Å². The van der Waals surface area contributed by atoms with Crippen LogP contribution in [0.5, 0.6) is 0 Å². The third-order valence-corrected chi connectivity index (χ3v) is 0.879. The van der Waals surface area contributed by atoms with Gasteiger partial charge in [0.05, 0.1) is 6.54 Å². The van der Waals surface area contributed by atoms with Crippen LogP contribution in [0, 0.1) is 12.3 Å². The molecule has 2 nitrogen and oxygen atoms in total. The van der Waals surface area contributed by atoms with Gasteiger partial charge in [-0.1, -0.05) is 12.5 Å². The van der Waals surface area contributed by atoms with Gasteiger partial charge in [0, 0.05) is 7.05 Å². The molecular formula is C7H9NO. The van der Waals surface area contributed by atoms with E-state index in [0.717, 1.165) is 0 Å². The van der Waals surface area contributed by atoms with E-state index < -0.39 is 0 Å². The monoisotopic (exact) mass is 123 g/mol. The van der Waals surface area contributed by atoms with E-state index in [2.05, 4.69) is 12.5 Å². The van der Waals surface area contributed by atoms with Gasteiger partial charge in [0.1, 0.15) is 0 Å². The number of rotatable bonds is 2. The Hall–Kier alpha value is -1.23. The lowest BCUT2D eigenvalue weighted by atomic mass is 10.5. The molecule has 0 aromatic heterocycles. The number of carbonyl (C=O) groups excluding carboxylic acids is 1. The molecule has 0 spiro atoms. The molecule has 1 amide bonds. The number of likely N-dealkylation sites (N-methyl/N-ethyl adjacent to an activating group) is 1. The summed E-state index contributed by atoms with van der Waals surface area (Å²) in [6.45, 7) is 3.64. The summed E-state index contributed by atoms with van der Waals surface area (Å²) in [6.07, 6.45) is 6.18. The van der Waals surface area contributed by atoms with Crippen LogP contribution in [-0.2, 0) is 4.79 Å². The number of carbonyl (C=O) groups is 1. The van der Waals surface area contributed by atoms with Crippen molar-refractivity contribution in [2.75, 3.05) is 13.6 Å². The minimum Gasteiger partial charge on any atom is -0.331 e. The Kier molecular flexibility index (Phi) is 3.22. The maximum atomic E-state index is 10.6. The summed E-state index contributed by atoms with van der Waals surface area (Å²) in [5.74, 6) is 2.19. The van der Waals surface area contributed by atoms with Gasteiger partial charge in [-0.2, -0.15) is 0 Å². The van der Waals surface area contributed by atoms with Gasteiger partial charge in [0.15, 0.2) is 0 Å². The average Bonchev–Trinajstić information content (AvgIpc) is 1.87. The van der Waals surface area contributed by atoms with Crippen molar-refractivity contribution in [1.29, 1.82) is 0 Å². The molecule has 0 aliphatic rings. The molecule has 0 N–H and O–H groups in total. The first-order valence-corrected chi connectivity index (χ1v) is 2.53. The molecule has 0 rings (SSSR count). The van der Waals surface area contributed by atoms with Crippen LogP contribution in [0.1, 0.15) is 0 Å². The normalized spacial score (nSPS) is 7.56. The smallest absolute Gasteiger partial charge is 0.246 e. The third kappa shape index (κ3) is 2.55. The second-order valence-electron chi connectivity index (χ2n) is 1.60. The van der Waals surface area contributed by atoms with Gasteiger partial charge in [-0.25, -0.2) is 0 Å². The first-order valence-electron chi connectivity index (χ1n) is 2.53. The number of amides is 1. The van der Waals surface area contributed by atoms with Crippen molar-refractivity contribution >= 4 is 5.91 Å². The quantitative estimate of drug-likeness (QED) is 0.381. The molecule has 48 valence electrons. The Morgan fingerprint density at radius 2 is 2.56 bits per heavy atom. The molecule has 0 aliphatic heterocycles. The van der Waals surface area contributed by atoms with Gasteiger partial charge in [-0.3, -0.25) is 4.79 Å². The average molecular weight is 123 g/mol. The number of hydrogen-bond acceptors (Lipinski definition) is 1. The van der Waals surface area contributed by atoms with Gasteiger partial charge in [-0.15, -0.1) is 6.42 Å². The van der Waals surface area contributed by atoms with E-state index in [1.807, 2.05) is 0 Å². The summed E-state index contributed by atoms with van der Waals surface area (Å²) in [4.78, 5) is 12.0. The number of hydrogen-bond donors (Lipinski definition) is 0. The summed E-state index contributed by atoms with van der Waals surface area (Å²) in [5.41, 5.74) is 0. The lowest BCUT2D eigenvalue weighted by molar-refractivity contribution is -0.124. The molecule has 2 heteroatoms. The second kappa shape index (κ2) is 3.73. The third-order valence-electron chi connectivity index (χ3n) is 0.879. The number of terminal acetylenes is 1. The lowest BCUT2D eigenvalue weighted by Gasteiger charge is -2.09. The van der Waals surface area contributed by atoms with Crippen LogP contribution in [0.25, 0.3) is 0 Å². The van der Waals surface area contributed by atoms with E-state index in [0.29, 0.717) is 6.54 Å². The fraction of sp³-hybridized carbons (Fsp3) is 0.286. The Labute approximate surface area is 55.2 Å². The van der Waals surface area contributed by atoms with Crippen molar-refractivity contribution in [3.05, 3.63) is 12.7 Å². The fourth-order valence-electron chi connectivity index (χ4n) is 0.371. The van der Waals surface area contributed by atoms with Crippen molar-refractivity contribution in [2.24, 2.45) is 0 Å². The maximum absolute atomic E-state index is 10.6. The summed E-state index contributed by atoms with van der Waals surface area (Å²) in [5, 5.41) is 0. The molecule has 9 heavy (non-hydrogen) atoms. The fourth-order valence-corrected chi connectivity index (χ4v) is 0.371. The molecule has 0 fully saturated rings.